The van der Waals surface area contributed by atoms with E-state index in [1.165, 1.54) is 0 Å². The fourth-order valence-corrected chi connectivity index (χ4v) is 1.93. The van der Waals surface area contributed by atoms with Gasteiger partial charge in [-0.1, -0.05) is 0 Å². The summed E-state index contributed by atoms with van der Waals surface area (Å²) in [5, 5.41) is 8.71. The minimum atomic E-state index is -0.0521. The molecule has 1 aromatic rings. The molecule has 112 valence electrons. The first-order valence-corrected chi connectivity index (χ1v) is 6.98. The number of amides is 1. The summed E-state index contributed by atoms with van der Waals surface area (Å²) in [4.78, 5) is 13.9. The summed E-state index contributed by atoms with van der Waals surface area (Å²) in [7, 11) is 1.77. The maximum absolute atomic E-state index is 12.2. The van der Waals surface area contributed by atoms with Gasteiger partial charge in [-0.2, -0.15) is 0 Å². The maximum atomic E-state index is 12.2. The number of nitrogens with zero attached hydrogens (tertiary/aromatic N) is 1. The lowest BCUT2D eigenvalue weighted by molar-refractivity contribution is 0.0792. The summed E-state index contributed by atoms with van der Waals surface area (Å²) in [6.45, 7) is 3.31. The molecule has 0 atom stereocenters. The molecule has 5 heteroatoms. The van der Waals surface area contributed by atoms with Crippen LogP contribution in [0.25, 0.3) is 0 Å². The lowest BCUT2D eigenvalue weighted by atomic mass is 10.1. The highest BCUT2D eigenvalue weighted by molar-refractivity contribution is 5.95. The second-order valence-electron chi connectivity index (χ2n) is 4.70. The van der Waals surface area contributed by atoms with E-state index < -0.39 is 0 Å². The number of unbranched alkanes of at least 4 members (excludes halogenated alkanes) is 2. The molecule has 1 amide bonds. The lowest BCUT2D eigenvalue weighted by Crippen LogP contribution is -2.27. The summed E-state index contributed by atoms with van der Waals surface area (Å²) in [6.07, 6.45) is 2.58. The van der Waals surface area contributed by atoms with Crippen molar-refractivity contribution in [1.29, 1.82) is 0 Å². The molecule has 0 saturated heterocycles. The Labute approximate surface area is 120 Å². The fraction of sp³-hybridized carbons (Fsp3) is 0.533. The zero-order chi connectivity index (χ0) is 15.0. The third-order valence-electron chi connectivity index (χ3n) is 3.05. The van der Waals surface area contributed by atoms with Crippen molar-refractivity contribution in [3.63, 3.8) is 0 Å². The van der Waals surface area contributed by atoms with Crippen LogP contribution in [0.4, 0.5) is 5.69 Å². The van der Waals surface area contributed by atoms with Gasteiger partial charge in [-0.15, -0.1) is 0 Å². The number of hydrogen-bond acceptors (Lipinski definition) is 4. The molecule has 0 aliphatic carbocycles. The number of hydrogen-bond donors (Lipinski definition) is 2. The van der Waals surface area contributed by atoms with E-state index in [9.17, 15) is 4.79 Å². The normalized spacial score (nSPS) is 10.3. The molecule has 0 saturated carbocycles. The Morgan fingerprint density at radius 1 is 1.35 bits per heavy atom. The largest absolute Gasteiger partial charge is 0.492 e. The van der Waals surface area contributed by atoms with Crippen LogP contribution in [-0.4, -0.2) is 42.7 Å². The average molecular weight is 280 g/mol. The Kier molecular flexibility index (Phi) is 6.87. The topological polar surface area (TPSA) is 75.8 Å². The van der Waals surface area contributed by atoms with Gasteiger partial charge >= 0.3 is 0 Å². The highest BCUT2D eigenvalue weighted by atomic mass is 16.5. The fourth-order valence-electron chi connectivity index (χ4n) is 1.93. The van der Waals surface area contributed by atoms with Gasteiger partial charge in [0.1, 0.15) is 5.75 Å². The van der Waals surface area contributed by atoms with Gasteiger partial charge in [0.25, 0.3) is 5.91 Å². The van der Waals surface area contributed by atoms with E-state index in [1.807, 2.05) is 6.92 Å². The molecule has 0 radical (unpaired) electrons. The zero-order valence-electron chi connectivity index (χ0n) is 12.3. The van der Waals surface area contributed by atoms with E-state index in [2.05, 4.69) is 0 Å². The number of rotatable bonds is 8. The molecule has 0 bridgehead atoms. The average Bonchev–Trinajstić information content (AvgIpc) is 2.45. The first kappa shape index (κ1) is 16.3. The summed E-state index contributed by atoms with van der Waals surface area (Å²) in [5.41, 5.74) is 6.91. The molecule has 1 rings (SSSR count). The molecule has 0 spiro atoms. The van der Waals surface area contributed by atoms with Gasteiger partial charge in [-0.05, 0) is 44.4 Å². The molecule has 0 heterocycles. The molecule has 3 N–H and O–H groups in total. The monoisotopic (exact) mass is 280 g/mol. The molecular formula is C15H24N2O3. The second-order valence-corrected chi connectivity index (χ2v) is 4.70. The van der Waals surface area contributed by atoms with Crippen molar-refractivity contribution in [3.8, 4) is 5.75 Å². The molecule has 1 aromatic carbocycles. The first-order valence-electron chi connectivity index (χ1n) is 6.98. The van der Waals surface area contributed by atoms with E-state index in [1.54, 1.807) is 30.1 Å². The van der Waals surface area contributed by atoms with Crippen LogP contribution < -0.4 is 10.5 Å². The van der Waals surface area contributed by atoms with Crippen LogP contribution in [0.1, 0.15) is 36.5 Å². The van der Waals surface area contributed by atoms with Crippen LogP contribution in [-0.2, 0) is 0 Å². The molecular weight excluding hydrogens is 256 g/mol. The Morgan fingerprint density at radius 2 is 2.10 bits per heavy atom. The molecule has 0 unspecified atom stereocenters. The number of carbonyl (C=O) groups is 1. The second kappa shape index (κ2) is 8.43. The molecule has 5 nitrogen and oxygen atoms in total. The highest BCUT2D eigenvalue weighted by Gasteiger charge is 2.13. The van der Waals surface area contributed by atoms with Crippen molar-refractivity contribution < 1.29 is 14.6 Å². The SMILES string of the molecule is CCOc1ccc(C(=O)N(C)CCCCCO)cc1N. The standard InChI is InChI=1S/C15H24N2O3/c1-3-20-14-8-7-12(11-13(14)16)15(19)17(2)9-5-4-6-10-18/h7-8,11,18H,3-6,9-10,16H2,1-2H3. The Bertz CT molecular complexity index is 435. The van der Waals surface area contributed by atoms with Crippen LogP contribution in [0.5, 0.6) is 5.75 Å². The van der Waals surface area contributed by atoms with Crippen molar-refractivity contribution in [1.82, 2.24) is 4.90 Å². The molecule has 0 aliphatic heterocycles. The van der Waals surface area contributed by atoms with E-state index >= 15 is 0 Å². The smallest absolute Gasteiger partial charge is 0.253 e. The highest BCUT2D eigenvalue weighted by Crippen LogP contribution is 2.23. The minimum absolute atomic E-state index is 0.0521. The van der Waals surface area contributed by atoms with Crippen molar-refractivity contribution in [2.75, 3.05) is 32.5 Å². The van der Waals surface area contributed by atoms with E-state index in [-0.39, 0.29) is 12.5 Å². The van der Waals surface area contributed by atoms with Crippen molar-refractivity contribution in [2.24, 2.45) is 0 Å². The molecule has 0 aliphatic rings. The predicted molar refractivity (Wildman–Crippen MR) is 79.9 cm³/mol. The van der Waals surface area contributed by atoms with Crippen molar-refractivity contribution >= 4 is 11.6 Å². The van der Waals surface area contributed by atoms with Gasteiger partial charge in [0, 0.05) is 25.8 Å². The van der Waals surface area contributed by atoms with Crippen molar-refractivity contribution in [2.45, 2.75) is 26.2 Å². The quantitative estimate of drug-likeness (QED) is 0.563. The van der Waals surface area contributed by atoms with Crippen molar-refractivity contribution in [3.05, 3.63) is 23.8 Å². The summed E-state index contributed by atoms with van der Waals surface area (Å²) < 4.78 is 5.35. The van der Waals surface area contributed by atoms with Gasteiger partial charge in [-0.25, -0.2) is 0 Å². The molecule has 0 fully saturated rings. The maximum Gasteiger partial charge on any atom is 0.253 e. The lowest BCUT2D eigenvalue weighted by Gasteiger charge is -2.17. The van der Waals surface area contributed by atoms with Crippen LogP contribution in [0.3, 0.4) is 0 Å². The van der Waals surface area contributed by atoms with Crippen LogP contribution >= 0.6 is 0 Å². The number of aliphatic hydroxyl groups is 1. The van der Waals surface area contributed by atoms with Crippen LogP contribution in [0.15, 0.2) is 18.2 Å². The predicted octanol–water partition coefficient (Wildman–Crippen LogP) is 1.90. The number of carbonyl (C=O) groups excluding carboxylic acids is 1. The van der Waals surface area contributed by atoms with E-state index in [4.69, 9.17) is 15.6 Å². The van der Waals surface area contributed by atoms with Gasteiger partial charge in [-0.3, -0.25) is 4.79 Å². The van der Waals surface area contributed by atoms with Gasteiger partial charge in [0.15, 0.2) is 0 Å². The van der Waals surface area contributed by atoms with Gasteiger partial charge in [0.2, 0.25) is 0 Å². The first-order chi connectivity index (χ1) is 9.60. The third-order valence-corrected chi connectivity index (χ3v) is 3.05. The number of ether oxygens (including phenoxy) is 1. The number of aliphatic hydroxyl groups excluding tert-OH is 1. The van der Waals surface area contributed by atoms with Gasteiger partial charge < -0.3 is 20.5 Å². The number of anilines is 1. The number of nitrogens with two attached hydrogens (primary N) is 1. The Morgan fingerprint density at radius 3 is 2.70 bits per heavy atom. The van der Waals surface area contributed by atoms with Crippen LogP contribution in [0, 0.1) is 0 Å². The van der Waals surface area contributed by atoms with Crippen LogP contribution in [0.2, 0.25) is 0 Å². The van der Waals surface area contributed by atoms with Gasteiger partial charge in [0.05, 0.1) is 12.3 Å². The number of benzene rings is 1. The summed E-state index contributed by atoms with van der Waals surface area (Å²) in [6, 6.07) is 5.11. The molecule has 0 aromatic heterocycles. The Hall–Kier alpha value is -1.75. The van der Waals surface area contributed by atoms with E-state index in [0.717, 1.165) is 19.3 Å². The Balaban J connectivity index is 2.60. The molecule has 20 heavy (non-hydrogen) atoms. The summed E-state index contributed by atoms with van der Waals surface area (Å²) >= 11 is 0. The third kappa shape index (κ3) is 4.74. The minimum Gasteiger partial charge on any atom is -0.492 e. The summed E-state index contributed by atoms with van der Waals surface area (Å²) in [5.74, 6) is 0.554. The zero-order valence-corrected chi connectivity index (χ0v) is 12.3. The van der Waals surface area contributed by atoms with E-state index in [0.29, 0.717) is 30.2 Å². The number of nitrogen functional groups attached to an aromatic ring is 1.